The molecule has 23 heavy (non-hydrogen) atoms. The summed E-state index contributed by atoms with van der Waals surface area (Å²) >= 11 is 3.45. The van der Waals surface area contributed by atoms with Crippen molar-refractivity contribution in [2.24, 2.45) is 11.7 Å². The van der Waals surface area contributed by atoms with Gasteiger partial charge in [0.2, 0.25) is 5.91 Å². The summed E-state index contributed by atoms with van der Waals surface area (Å²) in [6, 6.07) is 8.05. The first kappa shape index (κ1) is 16.7. The van der Waals surface area contributed by atoms with E-state index in [2.05, 4.69) is 38.3 Å². The van der Waals surface area contributed by atoms with Gasteiger partial charge in [-0.15, -0.1) is 0 Å². The Morgan fingerprint density at radius 3 is 2.65 bits per heavy atom. The van der Waals surface area contributed by atoms with Crippen LogP contribution in [0.2, 0.25) is 0 Å². The Bertz CT molecular complexity index is 531. The number of hydrogen-bond acceptors (Lipinski definition) is 4. The summed E-state index contributed by atoms with van der Waals surface area (Å²) in [4.78, 5) is 14.7. The predicted octanol–water partition coefficient (Wildman–Crippen LogP) is 1.90. The zero-order chi connectivity index (χ0) is 16.2. The molecule has 0 radical (unpaired) electrons. The molecule has 2 fully saturated rings. The molecule has 0 spiro atoms. The molecule has 5 nitrogen and oxygen atoms in total. The molecule has 0 saturated carbocycles. The van der Waals surface area contributed by atoms with E-state index in [1.165, 1.54) is 5.69 Å². The molecule has 2 aliphatic heterocycles. The van der Waals surface area contributed by atoms with Crippen molar-refractivity contribution < 1.29 is 9.53 Å². The Balaban J connectivity index is 1.51. The third-order valence-electron chi connectivity index (χ3n) is 4.80. The molecular weight excluding hydrogens is 358 g/mol. The molecule has 1 aromatic rings. The maximum absolute atomic E-state index is 12.4. The number of hydrogen-bond donors (Lipinski definition) is 2. The van der Waals surface area contributed by atoms with Crippen LogP contribution < -0.4 is 16.0 Å². The Labute approximate surface area is 145 Å². The molecule has 6 heteroatoms. The number of anilines is 1. The first-order valence-corrected chi connectivity index (χ1v) is 9.07. The summed E-state index contributed by atoms with van der Waals surface area (Å²) in [7, 11) is 0. The maximum atomic E-state index is 12.4. The van der Waals surface area contributed by atoms with Crippen molar-refractivity contribution in [1.29, 1.82) is 0 Å². The van der Waals surface area contributed by atoms with Crippen LogP contribution in [0.3, 0.4) is 0 Å². The van der Waals surface area contributed by atoms with Crippen molar-refractivity contribution >= 4 is 27.5 Å². The zero-order valence-corrected chi connectivity index (χ0v) is 14.8. The number of ether oxygens (including phenoxy) is 1. The van der Waals surface area contributed by atoms with E-state index in [4.69, 9.17) is 10.5 Å². The molecule has 2 aliphatic rings. The number of nitrogens with zero attached hydrogens (tertiary/aromatic N) is 1. The third kappa shape index (κ3) is 4.25. The molecule has 1 amide bonds. The van der Waals surface area contributed by atoms with Crippen molar-refractivity contribution in [2.45, 2.75) is 31.3 Å². The maximum Gasteiger partial charge on any atom is 0.237 e. The minimum Gasteiger partial charge on any atom is -0.381 e. The average Bonchev–Trinajstić information content (AvgIpc) is 3.04. The second-order valence-corrected chi connectivity index (χ2v) is 7.31. The van der Waals surface area contributed by atoms with E-state index >= 15 is 0 Å². The number of halogens is 1. The normalized spacial score (nSPS) is 23.7. The highest BCUT2D eigenvalue weighted by atomic mass is 79.9. The number of carbonyl (C=O) groups is 1. The number of nitrogens with one attached hydrogen (secondary N) is 1. The number of carbonyl (C=O) groups excluding carboxylic acids is 1. The molecular formula is C17H24BrN3O2. The van der Waals surface area contributed by atoms with Gasteiger partial charge in [-0.25, -0.2) is 0 Å². The predicted molar refractivity (Wildman–Crippen MR) is 94.4 cm³/mol. The monoisotopic (exact) mass is 381 g/mol. The lowest BCUT2D eigenvalue weighted by Crippen LogP contribution is -2.50. The largest absolute Gasteiger partial charge is 0.381 e. The van der Waals surface area contributed by atoms with Crippen LogP contribution >= 0.6 is 15.9 Å². The molecule has 2 unspecified atom stereocenters. The van der Waals surface area contributed by atoms with E-state index in [1.807, 2.05) is 12.1 Å². The van der Waals surface area contributed by atoms with Crippen LogP contribution in [-0.2, 0) is 9.53 Å². The Kier molecular flexibility index (Phi) is 5.56. The SMILES string of the molecule is NC(C(=O)NC1CCN(c2ccc(Br)cc2)C1)C1CCOCC1. The Hall–Kier alpha value is -1.11. The van der Waals surface area contributed by atoms with E-state index < -0.39 is 6.04 Å². The minimum atomic E-state index is -0.416. The van der Waals surface area contributed by atoms with Crippen molar-refractivity contribution in [3.05, 3.63) is 28.7 Å². The lowest BCUT2D eigenvalue weighted by Gasteiger charge is -2.27. The summed E-state index contributed by atoms with van der Waals surface area (Å²) in [5.74, 6) is 0.229. The molecule has 2 heterocycles. The van der Waals surface area contributed by atoms with Crippen LogP contribution in [-0.4, -0.2) is 44.3 Å². The summed E-state index contributed by atoms with van der Waals surface area (Å²) < 4.78 is 6.41. The smallest absolute Gasteiger partial charge is 0.237 e. The zero-order valence-electron chi connectivity index (χ0n) is 13.2. The Morgan fingerprint density at radius 1 is 1.26 bits per heavy atom. The van der Waals surface area contributed by atoms with Gasteiger partial charge >= 0.3 is 0 Å². The van der Waals surface area contributed by atoms with Gasteiger partial charge in [0, 0.05) is 42.5 Å². The second kappa shape index (κ2) is 7.64. The van der Waals surface area contributed by atoms with Gasteiger partial charge in [-0.2, -0.15) is 0 Å². The standard InChI is InChI=1S/C17H24BrN3O2/c18-13-1-3-15(4-2-13)21-8-5-14(11-21)20-17(22)16(19)12-6-9-23-10-7-12/h1-4,12,14,16H,5-11,19H2,(H,20,22). The molecule has 1 aromatic carbocycles. The van der Waals surface area contributed by atoms with Gasteiger partial charge < -0.3 is 20.7 Å². The molecule has 3 rings (SSSR count). The quantitative estimate of drug-likeness (QED) is 0.835. The molecule has 126 valence electrons. The molecule has 2 saturated heterocycles. The average molecular weight is 382 g/mol. The number of rotatable bonds is 4. The van der Waals surface area contributed by atoms with Gasteiger partial charge in [0.25, 0.3) is 0 Å². The molecule has 0 aromatic heterocycles. The van der Waals surface area contributed by atoms with Crippen LogP contribution in [0, 0.1) is 5.92 Å². The third-order valence-corrected chi connectivity index (χ3v) is 5.33. The molecule has 0 aliphatic carbocycles. The highest BCUT2D eigenvalue weighted by Crippen LogP contribution is 2.23. The van der Waals surface area contributed by atoms with Gasteiger partial charge in [0.1, 0.15) is 0 Å². The number of amides is 1. The first-order valence-electron chi connectivity index (χ1n) is 8.27. The van der Waals surface area contributed by atoms with Crippen molar-refractivity contribution in [1.82, 2.24) is 5.32 Å². The van der Waals surface area contributed by atoms with Crippen LogP contribution in [0.25, 0.3) is 0 Å². The van der Waals surface area contributed by atoms with Gasteiger partial charge in [-0.05, 0) is 49.4 Å². The van der Waals surface area contributed by atoms with Gasteiger partial charge in [0.15, 0.2) is 0 Å². The fourth-order valence-corrected chi connectivity index (χ4v) is 3.62. The summed E-state index contributed by atoms with van der Waals surface area (Å²) in [6.45, 7) is 3.23. The van der Waals surface area contributed by atoms with Gasteiger partial charge in [-0.3, -0.25) is 4.79 Å². The lowest BCUT2D eigenvalue weighted by molar-refractivity contribution is -0.124. The van der Waals surface area contributed by atoms with Crippen LogP contribution in [0.4, 0.5) is 5.69 Å². The van der Waals surface area contributed by atoms with Crippen molar-refractivity contribution in [3.63, 3.8) is 0 Å². The van der Waals surface area contributed by atoms with E-state index in [0.717, 1.165) is 36.8 Å². The second-order valence-electron chi connectivity index (χ2n) is 6.39. The number of benzene rings is 1. The van der Waals surface area contributed by atoms with E-state index in [9.17, 15) is 4.79 Å². The van der Waals surface area contributed by atoms with Gasteiger partial charge in [0.05, 0.1) is 6.04 Å². The Morgan fingerprint density at radius 2 is 1.96 bits per heavy atom. The summed E-state index contributed by atoms with van der Waals surface area (Å²) in [5.41, 5.74) is 7.34. The van der Waals surface area contributed by atoms with Crippen LogP contribution in [0.5, 0.6) is 0 Å². The van der Waals surface area contributed by atoms with E-state index in [-0.39, 0.29) is 17.9 Å². The highest BCUT2D eigenvalue weighted by molar-refractivity contribution is 9.10. The topological polar surface area (TPSA) is 67.6 Å². The van der Waals surface area contributed by atoms with E-state index in [1.54, 1.807) is 0 Å². The van der Waals surface area contributed by atoms with Crippen molar-refractivity contribution in [2.75, 3.05) is 31.2 Å². The van der Waals surface area contributed by atoms with Gasteiger partial charge in [-0.1, -0.05) is 15.9 Å². The van der Waals surface area contributed by atoms with Crippen LogP contribution in [0.15, 0.2) is 28.7 Å². The molecule has 2 atom stereocenters. The first-order chi connectivity index (χ1) is 11.1. The molecule has 0 bridgehead atoms. The van der Waals surface area contributed by atoms with E-state index in [0.29, 0.717) is 13.2 Å². The fraction of sp³-hybridized carbons (Fsp3) is 0.588. The molecule has 3 N–H and O–H groups in total. The minimum absolute atomic E-state index is 0.0143. The fourth-order valence-electron chi connectivity index (χ4n) is 3.35. The summed E-state index contributed by atoms with van der Waals surface area (Å²) in [5, 5.41) is 3.13. The summed E-state index contributed by atoms with van der Waals surface area (Å²) in [6.07, 6.45) is 2.72. The number of nitrogens with two attached hydrogens (primary N) is 1. The lowest BCUT2D eigenvalue weighted by atomic mass is 9.91. The van der Waals surface area contributed by atoms with Crippen LogP contribution in [0.1, 0.15) is 19.3 Å². The van der Waals surface area contributed by atoms with Crippen molar-refractivity contribution in [3.8, 4) is 0 Å². The highest BCUT2D eigenvalue weighted by Gasteiger charge is 2.30.